The molecule has 2 aromatic rings. The van der Waals surface area contributed by atoms with Crippen molar-refractivity contribution in [2.45, 2.75) is 12.3 Å². The number of rotatable bonds is 2. The number of hydrogen-bond acceptors (Lipinski definition) is 3. The number of aromatic nitrogens is 3. The van der Waals surface area contributed by atoms with Crippen molar-refractivity contribution in [1.82, 2.24) is 20.5 Å². The molecule has 88 valence electrons. The summed E-state index contributed by atoms with van der Waals surface area (Å²) in [5.74, 6) is 1.71. The molecular formula is C12H13FN4. The van der Waals surface area contributed by atoms with Gasteiger partial charge in [-0.1, -0.05) is 0 Å². The molecule has 0 spiro atoms. The van der Waals surface area contributed by atoms with Crippen LogP contribution in [0.25, 0.3) is 11.4 Å². The lowest BCUT2D eigenvalue weighted by Gasteiger charge is -2.01. The van der Waals surface area contributed by atoms with E-state index in [1.807, 2.05) is 0 Å². The Kier molecular flexibility index (Phi) is 2.60. The predicted molar refractivity (Wildman–Crippen MR) is 62.0 cm³/mol. The minimum atomic E-state index is -0.246. The summed E-state index contributed by atoms with van der Waals surface area (Å²) in [6.07, 6.45) is 1.08. The molecule has 4 nitrogen and oxygen atoms in total. The standard InChI is InChI=1S/C12H13FN4/c13-10-3-1-8(2-4-10)11-15-12(17-16-11)9-5-6-14-7-9/h1-4,9,14H,5-7H2,(H,15,16,17). The van der Waals surface area contributed by atoms with E-state index >= 15 is 0 Å². The second-order valence-electron chi connectivity index (χ2n) is 4.24. The monoisotopic (exact) mass is 232 g/mol. The van der Waals surface area contributed by atoms with Crippen molar-refractivity contribution < 1.29 is 4.39 Å². The summed E-state index contributed by atoms with van der Waals surface area (Å²) in [6, 6.07) is 6.22. The van der Waals surface area contributed by atoms with Crippen molar-refractivity contribution >= 4 is 0 Å². The average molecular weight is 232 g/mol. The van der Waals surface area contributed by atoms with Gasteiger partial charge in [-0.25, -0.2) is 9.37 Å². The second-order valence-corrected chi connectivity index (χ2v) is 4.24. The van der Waals surface area contributed by atoms with Gasteiger partial charge >= 0.3 is 0 Å². The highest BCUT2D eigenvalue weighted by atomic mass is 19.1. The molecule has 1 unspecified atom stereocenters. The number of halogens is 1. The highest BCUT2D eigenvalue weighted by molar-refractivity contribution is 5.54. The maximum Gasteiger partial charge on any atom is 0.181 e. The zero-order chi connectivity index (χ0) is 11.7. The third-order valence-corrected chi connectivity index (χ3v) is 3.05. The fourth-order valence-corrected chi connectivity index (χ4v) is 2.07. The van der Waals surface area contributed by atoms with Crippen LogP contribution in [0.3, 0.4) is 0 Å². The third-order valence-electron chi connectivity index (χ3n) is 3.05. The summed E-state index contributed by atoms with van der Waals surface area (Å²) < 4.78 is 12.8. The number of nitrogens with one attached hydrogen (secondary N) is 2. The number of nitrogens with zero attached hydrogens (tertiary/aromatic N) is 2. The van der Waals surface area contributed by atoms with E-state index in [1.54, 1.807) is 12.1 Å². The Morgan fingerprint density at radius 1 is 1.24 bits per heavy atom. The summed E-state index contributed by atoms with van der Waals surface area (Å²) in [6.45, 7) is 1.97. The molecule has 3 rings (SSSR count). The van der Waals surface area contributed by atoms with Gasteiger partial charge in [0.2, 0.25) is 0 Å². The molecule has 1 fully saturated rings. The molecule has 0 saturated carbocycles. The van der Waals surface area contributed by atoms with Crippen molar-refractivity contribution in [2.24, 2.45) is 0 Å². The Morgan fingerprint density at radius 3 is 2.76 bits per heavy atom. The quantitative estimate of drug-likeness (QED) is 0.828. The Hall–Kier alpha value is -1.75. The zero-order valence-corrected chi connectivity index (χ0v) is 9.28. The smallest absolute Gasteiger partial charge is 0.181 e. The topological polar surface area (TPSA) is 53.6 Å². The molecule has 0 amide bonds. The van der Waals surface area contributed by atoms with E-state index in [-0.39, 0.29) is 5.82 Å². The van der Waals surface area contributed by atoms with Gasteiger partial charge in [-0.3, -0.25) is 5.10 Å². The van der Waals surface area contributed by atoms with Gasteiger partial charge < -0.3 is 5.32 Å². The lowest BCUT2D eigenvalue weighted by molar-refractivity contribution is 0.628. The molecule has 2 N–H and O–H groups in total. The highest BCUT2D eigenvalue weighted by Gasteiger charge is 2.20. The molecule has 1 saturated heterocycles. The van der Waals surface area contributed by atoms with Crippen molar-refractivity contribution in [2.75, 3.05) is 13.1 Å². The van der Waals surface area contributed by atoms with E-state index in [4.69, 9.17) is 0 Å². The second kappa shape index (κ2) is 4.25. The molecular weight excluding hydrogens is 219 g/mol. The zero-order valence-electron chi connectivity index (χ0n) is 9.28. The fraction of sp³-hybridized carbons (Fsp3) is 0.333. The maximum atomic E-state index is 12.8. The number of benzene rings is 1. The van der Waals surface area contributed by atoms with Crippen LogP contribution in [-0.2, 0) is 0 Å². The van der Waals surface area contributed by atoms with Crippen molar-refractivity contribution in [1.29, 1.82) is 0 Å². The van der Waals surface area contributed by atoms with Crippen molar-refractivity contribution in [3.05, 3.63) is 35.9 Å². The molecule has 1 aromatic carbocycles. The molecule has 1 aromatic heterocycles. The summed E-state index contributed by atoms with van der Waals surface area (Å²) >= 11 is 0. The Labute approximate surface area is 98.3 Å². The van der Waals surface area contributed by atoms with Crippen LogP contribution in [0.2, 0.25) is 0 Å². The molecule has 0 aliphatic carbocycles. The molecule has 17 heavy (non-hydrogen) atoms. The third kappa shape index (κ3) is 2.06. The highest BCUT2D eigenvalue weighted by Crippen LogP contribution is 2.21. The molecule has 2 heterocycles. The van der Waals surface area contributed by atoms with Crippen LogP contribution in [0.1, 0.15) is 18.2 Å². The summed E-state index contributed by atoms with van der Waals surface area (Å²) in [5, 5.41) is 10.4. The van der Waals surface area contributed by atoms with Gasteiger partial charge in [0.15, 0.2) is 5.82 Å². The van der Waals surface area contributed by atoms with E-state index < -0.39 is 0 Å². The lowest BCUT2D eigenvalue weighted by atomic mass is 10.1. The van der Waals surface area contributed by atoms with Gasteiger partial charge in [0, 0.05) is 18.0 Å². The van der Waals surface area contributed by atoms with Crippen molar-refractivity contribution in [3.8, 4) is 11.4 Å². The lowest BCUT2D eigenvalue weighted by Crippen LogP contribution is -2.08. The van der Waals surface area contributed by atoms with Gasteiger partial charge in [0.25, 0.3) is 0 Å². The Bertz CT molecular complexity index is 499. The van der Waals surface area contributed by atoms with Crippen LogP contribution >= 0.6 is 0 Å². The molecule has 5 heteroatoms. The maximum absolute atomic E-state index is 12.8. The average Bonchev–Trinajstić information content (AvgIpc) is 3.00. The van der Waals surface area contributed by atoms with E-state index in [1.165, 1.54) is 12.1 Å². The fourth-order valence-electron chi connectivity index (χ4n) is 2.07. The van der Waals surface area contributed by atoms with E-state index in [9.17, 15) is 4.39 Å². The van der Waals surface area contributed by atoms with Gasteiger partial charge in [0.1, 0.15) is 11.6 Å². The predicted octanol–water partition coefficient (Wildman–Crippen LogP) is 1.69. The van der Waals surface area contributed by atoms with Gasteiger partial charge in [0.05, 0.1) is 0 Å². The largest absolute Gasteiger partial charge is 0.316 e. The first kappa shape index (κ1) is 10.4. The van der Waals surface area contributed by atoms with Gasteiger partial charge in [-0.2, -0.15) is 5.10 Å². The van der Waals surface area contributed by atoms with Crippen molar-refractivity contribution in [3.63, 3.8) is 0 Å². The number of hydrogen-bond donors (Lipinski definition) is 2. The first-order chi connectivity index (χ1) is 8.33. The molecule has 0 bridgehead atoms. The van der Waals surface area contributed by atoms with Crippen LogP contribution in [-0.4, -0.2) is 28.3 Å². The van der Waals surface area contributed by atoms with E-state index in [0.717, 1.165) is 30.9 Å². The van der Waals surface area contributed by atoms with Crippen LogP contribution in [0.5, 0.6) is 0 Å². The summed E-state index contributed by atoms with van der Waals surface area (Å²) in [7, 11) is 0. The normalized spacial score (nSPS) is 19.7. The van der Waals surface area contributed by atoms with Gasteiger partial charge in [-0.05, 0) is 37.2 Å². The summed E-state index contributed by atoms with van der Waals surface area (Å²) in [5.41, 5.74) is 0.833. The van der Waals surface area contributed by atoms with Gasteiger partial charge in [-0.15, -0.1) is 0 Å². The first-order valence-electron chi connectivity index (χ1n) is 5.72. The van der Waals surface area contributed by atoms with Crippen LogP contribution < -0.4 is 5.32 Å². The molecule has 1 atom stereocenters. The number of aromatic amines is 1. The molecule has 1 aliphatic rings. The number of H-pyrrole nitrogens is 1. The first-order valence-corrected chi connectivity index (χ1v) is 5.72. The summed E-state index contributed by atoms with van der Waals surface area (Å²) in [4.78, 5) is 4.46. The van der Waals surface area contributed by atoms with Crippen LogP contribution in [0, 0.1) is 5.82 Å². The van der Waals surface area contributed by atoms with E-state index in [0.29, 0.717) is 11.7 Å². The molecule has 0 radical (unpaired) electrons. The Balaban J connectivity index is 1.86. The van der Waals surface area contributed by atoms with Crippen LogP contribution in [0.15, 0.2) is 24.3 Å². The van der Waals surface area contributed by atoms with E-state index in [2.05, 4.69) is 20.5 Å². The minimum Gasteiger partial charge on any atom is -0.316 e. The van der Waals surface area contributed by atoms with Crippen LogP contribution in [0.4, 0.5) is 4.39 Å². The SMILES string of the molecule is Fc1ccc(-c2n[nH]c(C3CCNC3)n2)cc1. The Morgan fingerprint density at radius 2 is 2.06 bits per heavy atom. The minimum absolute atomic E-state index is 0.246. The molecule has 1 aliphatic heterocycles.